The molecule has 0 amide bonds. The first-order valence-corrected chi connectivity index (χ1v) is 19.7. The van der Waals surface area contributed by atoms with Crippen molar-refractivity contribution in [3.05, 3.63) is 133 Å². The quantitative estimate of drug-likeness (QED) is 0.153. The molecule has 0 aliphatic heterocycles. The number of benzene rings is 5. The van der Waals surface area contributed by atoms with Gasteiger partial charge in [0.05, 0.1) is 0 Å². The summed E-state index contributed by atoms with van der Waals surface area (Å²) in [6, 6.07) is 50.6. The second kappa shape index (κ2) is 14.4. The van der Waals surface area contributed by atoms with Crippen LogP contribution in [0.15, 0.2) is 133 Å². The van der Waals surface area contributed by atoms with E-state index >= 15 is 0 Å². The molecule has 7 rings (SSSR count). The van der Waals surface area contributed by atoms with Gasteiger partial charge in [0.15, 0.2) is 0 Å². The van der Waals surface area contributed by atoms with Crippen molar-refractivity contribution in [2.24, 2.45) is 0 Å². The molecule has 0 N–H and O–H groups in total. The van der Waals surface area contributed by atoms with E-state index in [1.165, 1.54) is 102 Å². The van der Waals surface area contributed by atoms with Crippen molar-refractivity contribution in [1.29, 1.82) is 0 Å². The molecule has 0 radical (unpaired) electrons. The second-order valence-electron chi connectivity index (χ2n) is 12.6. The van der Waals surface area contributed by atoms with E-state index in [1.54, 1.807) is 5.30 Å². The number of hydrogen-bond acceptors (Lipinski definition) is 0. The van der Waals surface area contributed by atoms with Crippen LogP contribution in [-0.2, 0) is 0 Å². The summed E-state index contributed by atoms with van der Waals surface area (Å²) in [5.41, 5.74) is 7.42. The zero-order chi connectivity index (χ0) is 29.6. The van der Waals surface area contributed by atoms with Crippen LogP contribution in [0.1, 0.15) is 64.2 Å². The van der Waals surface area contributed by atoms with E-state index in [1.807, 2.05) is 0 Å². The summed E-state index contributed by atoms with van der Waals surface area (Å²) in [7, 11) is -1.00. The van der Waals surface area contributed by atoms with Gasteiger partial charge in [-0.25, -0.2) is 0 Å². The second-order valence-corrected chi connectivity index (χ2v) is 17.5. The van der Waals surface area contributed by atoms with Crippen molar-refractivity contribution in [3.8, 4) is 22.3 Å². The van der Waals surface area contributed by atoms with Gasteiger partial charge >= 0.3 is 0 Å². The van der Waals surface area contributed by atoms with Gasteiger partial charge in [-0.15, -0.1) is 0 Å². The van der Waals surface area contributed by atoms with Crippen LogP contribution in [-0.4, -0.2) is 11.3 Å². The fourth-order valence-electron chi connectivity index (χ4n) is 7.77. The van der Waals surface area contributed by atoms with Gasteiger partial charge in [-0.05, 0) is 88.4 Å². The predicted molar refractivity (Wildman–Crippen MR) is 196 cm³/mol. The molecular weight excluding hydrogens is 566 g/mol. The standard InChI is InChI=1S/C42H44P2/c1-6-19-33(20-7-1)38-30-18-32-41(44(36-25-12-4-13-26-36)37-27-14-5-15-28-37)42(38)39-29-16-17-31-40(39)43(34-21-8-2-9-22-34)35-23-10-3-11-24-35/h1-3,6-11,16-24,29-32,36-37H,4-5,12-15,25-28H2. The highest BCUT2D eigenvalue weighted by molar-refractivity contribution is 7.80. The maximum atomic E-state index is 2.57. The molecule has 0 unspecified atom stereocenters. The van der Waals surface area contributed by atoms with Gasteiger partial charge in [0.25, 0.3) is 0 Å². The lowest BCUT2D eigenvalue weighted by Gasteiger charge is -2.40. The molecule has 44 heavy (non-hydrogen) atoms. The molecule has 0 atom stereocenters. The van der Waals surface area contributed by atoms with Crippen molar-refractivity contribution < 1.29 is 0 Å². The van der Waals surface area contributed by atoms with Gasteiger partial charge in [-0.2, -0.15) is 0 Å². The third kappa shape index (κ3) is 6.36. The van der Waals surface area contributed by atoms with Gasteiger partial charge in [0.1, 0.15) is 0 Å². The lowest BCUT2D eigenvalue weighted by atomic mass is 9.94. The Kier molecular flexibility index (Phi) is 9.69. The monoisotopic (exact) mass is 610 g/mol. The highest BCUT2D eigenvalue weighted by atomic mass is 31.1. The fourth-order valence-corrected chi connectivity index (χ4v) is 14.2. The first-order valence-electron chi connectivity index (χ1n) is 16.8. The maximum absolute atomic E-state index is 2.57. The molecule has 0 aromatic heterocycles. The minimum Gasteiger partial charge on any atom is -0.0683 e. The number of rotatable bonds is 8. The molecule has 0 spiro atoms. The largest absolute Gasteiger partial charge is 0.0683 e. The topological polar surface area (TPSA) is 0 Å². The van der Waals surface area contributed by atoms with Gasteiger partial charge in [0, 0.05) is 0 Å². The Hall–Kier alpha value is -3.04. The van der Waals surface area contributed by atoms with E-state index < -0.39 is 7.92 Å². The Morgan fingerprint density at radius 3 is 1.41 bits per heavy atom. The van der Waals surface area contributed by atoms with E-state index in [0.717, 1.165) is 11.3 Å². The lowest BCUT2D eigenvalue weighted by molar-refractivity contribution is 0.487. The van der Waals surface area contributed by atoms with Crippen LogP contribution in [0.25, 0.3) is 22.3 Å². The molecule has 2 fully saturated rings. The minimum absolute atomic E-state index is 0.276. The molecule has 2 heteroatoms. The lowest BCUT2D eigenvalue weighted by Crippen LogP contribution is -2.28. The summed E-state index contributed by atoms with van der Waals surface area (Å²) in [5, 5.41) is 6.00. The average molecular weight is 611 g/mol. The van der Waals surface area contributed by atoms with Crippen molar-refractivity contribution in [2.45, 2.75) is 75.5 Å². The molecule has 222 valence electrons. The highest BCUT2D eigenvalue weighted by Crippen LogP contribution is 2.57. The summed E-state index contributed by atoms with van der Waals surface area (Å²) >= 11 is 0. The van der Waals surface area contributed by atoms with Crippen molar-refractivity contribution in [1.82, 2.24) is 0 Å². The molecule has 0 nitrogen and oxygen atoms in total. The molecule has 5 aromatic carbocycles. The first kappa shape index (κ1) is 29.7. The van der Waals surface area contributed by atoms with Crippen LogP contribution in [0.4, 0.5) is 0 Å². The minimum atomic E-state index is -0.725. The summed E-state index contributed by atoms with van der Waals surface area (Å²) in [5.74, 6) is 0. The molecule has 2 saturated carbocycles. The summed E-state index contributed by atoms with van der Waals surface area (Å²) < 4.78 is 0. The van der Waals surface area contributed by atoms with Crippen molar-refractivity contribution in [3.63, 3.8) is 0 Å². The van der Waals surface area contributed by atoms with E-state index in [9.17, 15) is 0 Å². The molecule has 2 aliphatic rings. The maximum Gasteiger partial charge on any atom is -0.00215 e. The Morgan fingerprint density at radius 2 is 0.841 bits per heavy atom. The van der Waals surface area contributed by atoms with Crippen LogP contribution in [0, 0.1) is 0 Å². The molecule has 0 bridgehead atoms. The van der Waals surface area contributed by atoms with E-state index in [4.69, 9.17) is 0 Å². The van der Waals surface area contributed by atoms with E-state index in [0.29, 0.717) is 0 Å². The highest BCUT2D eigenvalue weighted by Gasteiger charge is 2.35. The average Bonchev–Trinajstić information content (AvgIpc) is 3.11. The third-order valence-corrected chi connectivity index (χ3v) is 15.8. The molecule has 5 aromatic rings. The molecule has 2 aliphatic carbocycles. The van der Waals surface area contributed by atoms with E-state index in [-0.39, 0.29) is 7.92 Å². The van der Waals surface area contributed by atoms with Gasteiger partial charge in [0.2, 0.25) is 0 Å². The zero-order valence-corrected chi connectivity index (χ0v) is 27.6. The fraction of sp³-hybridized carbons (Fsp3) is 0.286. The molecule has 0 heterocycles. The normalized spacial score (nSPS) is 16.4. The summed E-state index contributed by atoms with van der Waals surface area (Å²) in [6.45, 7) is 0. The van der Waals surface area contributed by atoms with Gasteiger partial charge < -0.3 is 0 Å². The van der Waals surface area contributed by atoms with Crippen LogP contribution < -0.4 is 21.2 Å². The van der Waals surface area contributed by atoms with Crippen molar-refractivity contribution in [2.75, 3.05) is 0 Å². The molecular formula is C42H44P2. The Bertz CT molecular complexity index is 1560. The SMILES string of the molecule is c1ccc(-c2cccc(P(C3CCCCC3)C3CCCCC3)c2-c2ccccc2P(c2ccccc2)c2ccccc2)cc1. The Morgan fingerprint density at radius 1 is 0.386 bits per heavy atom. The number of hydrogen-bond donors (Lipinski definition) is 0. The molecule has 0 saturated heterocycles. The predicted octanol–water partition coefficient (Wildman–Crippen LogP) is 10.6. The van der Waals surface area contributed by atoms with Crippen LogP contribution in [0.5, 0.6) is 0 Å². The zero-order valence-electron chi connectivity index (χ0n) is 25.8. The van der Waals surface area contributed by atoms with Crippen LogP contribution in [0.3, 0.4) is 0 Å². The Labute approximate surface area is 267 Å². The van der Waals surface area contributed by atoms with Gasteiger partial charge in [-0.1, -0.05) is 180 Å². The smallest absolute Gasteiger partial charge is 0.00215 e. The van der Waals surface area contributed by atoms with Gasteiger partial charge in [-0.3, -0.25) is 0 Å². The summed E-state index contributed by atoms with van der Waals surface area (Å²) in [4.78, 5) is 0. The third-order valence-electron chi connectivity index (χ3n) is 9.78. The Balaban J connectivity index is 1.49. The van der Waals surface area contributed by atoms with Crippen LogP contribution >= 0.6 is 15.8 Å². The first-order chi connectivity index (χ1) is 21.9. The summed E-state index contributed by atoms with van der Waals surface area (Å²) in [6.07, 6.45) is 14.1. The van der Waals surface area contributed by atoms with E-state index in [2.05, 4.69) is 133 Å². The van der Waals surface area contributed by atoms with Crippen LogP contribution in [0.2, 0.25) is 0 Å². The van der Waals surface area contributed by atoms with Crippen molar-refractivity contribution >= 4 is 37.1 Å².